The number of fused-ring (bicyclic) bond motifs is 1. The van der Waals surface area contributed by atoms with E-state index < -0.39 is 28.7 Å². The van der Waals surface area contributed by atoms with Crippen LogP contribution < -0.4 is 9.64 Å². The van der Waals surface area contributed by atoms with E-state index in [4.69, 9.17) is 4.74 Å². The van der Waals surface area contributed by atoms with Gasteiger partial charge in [0.1, 0.15) is 11.8 Å². The van der Waals surface area contributed by atoms with Crippen molar-refractivity contribution in [1.82, 2.24) is 9.80 Å². The number of anilines is 1. The van der Waals surface area contributed by atoms with Gasteiger partial charge in [0.25, 0.3) is 0 Å². The molecule has 3 unspecified atom stereocenters. The number of amides is 3. The smallest absolute Gasteiger partial charge is 0.247 e. The molecule has 8 nitrogen and oxygen atoms in total. The highest BCUT2D eigenvalue weighted by Crippen LogP contribution is 2.69. The quantitative estimate of drug-likeness (QED) is 0.305. The average Bonchev–Trinajstić information content (AvgIpc) is 3.56. The van der Waals surface area contributed by atoms with Gasteiger partial charge in [0, 0.05) is 30.1 Å². The molecular weight excluding hydrogens is 562 g/mol. The minimum atomic E-state index is -0.774. The number of nitrogens with zero attached hydrogens (tertiary/aromatic N) is 3. The second kappa shape index (κ2) is 13.5. The maximum Gasteiger partial charge on any atom is 0.247 e. The summed E-state index contributed by atoms with van der Waals surface area (Å²) in [5.41, 5.74) is 0.711. The Hall–Kier alpha value is -2.78. The standard InChI is InChI=1S/C34H49N3O5S/c1-9-16-35(22(6)7)33(41)30-34-23(8)19-27(43-34)28(29(34)32(40)37(30)25(20-38)18-21(4)5)31(39)36(17-10-2)24-12-14-26(15-13-24)42-11-3/h9-10,12-15,21-23,25,27-30,38H,1-2,11,16-20H2,3-8H3/t23?,25-,27-,28+,29+,30?,34?/m1/s1. The first kappa shape index (κ1) is 33.1. The van der Waals surface area contributed by atoms with Crippen LogP contribution in [-0.2, 0) is 14.4 Å². The number of thioether (sulfide) groups is 1. The van der Waals surface area contributed by atoms with E-state index in [1.807, 2.05) is 45.0 Å². The largest absolute Gasteiger partial charge is 0.494 e. The molecule has 0 aromatic heterocycles. The van der Waals surface area contributed by atoms with E-state index in [0.717, 1.165) is 12.2 Å². The number of rotatable bonds is 14. The molecule has 0 saturated carbocycles. The molecule has 1 N–H and O–H groups in total. The van der Waals surface area contributed by atoms with Gasteiger partial charge in [0.2, 0.25) is 17.7 Å². The van der Waals surface area contributed by atoms with Gasteiger partial charge in [0.05, 0.1) is 35.8 Å². The van der Waals surface area contributed by atoms with Crippen LogP contribution in [0.1, 0.15) is 54.4 Å². The summed E-state index contributed by atoms with van der Waals surface area (Å²) < 4.78 is 4.84. The molecule has 3 aliphatic heterocycles. The Morgan fingerprint density at radius 3 is 2.33 bits per heavy atom. The Labute approximate surface area is 261 Å². The summed E-state index contributed by atoms with van der Waals surface area (Å²) in [6.07, 6.45) is 4.71. The zero-order valence-electron chi connectivity index (χ0n) is 26.6. The summed E-state index contributed by atoms with van der Waals surface area (Å²) in [6, 6.07) is 6.02. The van der Waals surface area contributed by atoms with E-state index in [9.17, 15) is 19.5 Å². The van der Waals surface area contributed by atoms with Crippen molar-refractivity contribution in [3.63, 3.8) is 0 Å². The van der Waals surface area contributed by atoms with E-state index in [2.05, 4.69) is 33.9 Å². The summed E-state index contributed by atoms with van der Waals surface area (Å²) in [6.45, 7) is 20.8. The second-order valence-electron chi connectivity index (χ2n) is 12.8. The second-order valence-corrected chi connectivity index (χ2v) is 14.3. The molecule has 3 saturated heterocycles. The van der Waals surface area contributed by atoms with Crippen molar-refractivity contribution in [3.05, 3.63) is 49.6 Å². The van der Waals surface area contributed by atoms with Gasteiger partial charge in [-0.15, -0.1) is 24.9 Å². The summed E-state index contributed by atoms with van der Waals surface area (Å²) >= 11 is 1.66. The lowest BCUT2D eigenvalue weighted by Gasteiger charge is -2.43. The van der Waals surface area contributed by atoms with Crippen molar-refractivity contribution in [2.45, 2.75) is 82.5 Å². The summed E-state index contributed by atoms with van der Waals surface area (Å²) in [4.78, 5) is 49.1. The molecule has 3 amide bonds. The number of aliphatic hydroxyl groups is 1. The van der Waals surface area contributed by atoms with Crippen LogP contribution in [0.25, 0.3) is 0 Å². The number of hydrogen-bond acceptors (Lipinski definition) is 6. The van der Waals surface area contributed by atoms with Crippen molar-refractivity contribution in [1.29, 1.82) is 0 Å². The molecule has 43 heavy (non-hydrogen) atoms. The molecule has 3 fully saturated rings. The zero-order chi connectivity index (χ0) is 31.6. The van der Waals surface area contributed by atoms with Crippen LogP contribution in [0, 0.1) is 23.7 Å². The maximum atomic E-state index is 14.7. The van der Waals surface area contributed by atoms with Gasteiger partial charge >= 0.3 is 0 Å². The van der Waals surface area contributed by atoms with Crippen LogP contribution >= 0.6 is 11.8 Å². The third-order valence-corrected chi connectivity index (χ3v) is 11.4. The van der Waals surface area contributed by atoms with E-state index in [-0.39, 0.29) is 47.5 Å². The normalized spacial score (nSPS) is 28.3. The lowest BCUT2D eigenvalue weighted by atomic mass is 9.65. The summed E-state index contributed by atoms with van der Waals surface area (Å²) in [5, 5.41) is 10.5. The number of benzene rings is 1. The number of aliphatic hydroxyl groups excluding tert-OH is 1. The van der Waals surface area contributed by atoms with Crippen molar-refractivity contribution >= 4 is 35.2 Å². The summed E-state index contributed by atoms with van der Waals surface area (Å²) in [7, 11) is 0. The Balaban J connectivity index is 1.81. The summed E-state index contributed by atoms with van der Waals surface area (Å²) in [5.74, 6) is -0.743. The topological polar surface area (TPSA) is 90.4 Å². The number of carbonyl (C=O) groups excluding carboxylic acids is 3. The molecule has 1 spiro atoms. The van der Waals surface area contributed by atoms with E-state index in [1.54, 1.807) is 38.6 Å². The van der Waals surface area contributed by atoms with Gasteiger partial charge < -0.3 is 24.5 Å². The molecular formula is C34H49N3O5S. The molecule has 2 bridgehead atoms. The highest BCUT2D eigenvalue weighted by molar-refractivity contribution is 8.02. The highest BCUT2D eigenvalue weighted by atomic mass is 32.2. The van der Waals surface area contributed by atoms with E-state index in [1.165, 1.54) is 0 Å². The van der Waals surface area contributed by atoms with Crippen LogP contribution in [0.2, 0.25) is 0 Å². The first-order chi connectivity index (χ1) is 20.5. The molecule has 236 valence electrons. The average molecular weight is 612 g/mol. The molecule has 9 heteroatoms. The van der Waals surface area contributed by atoms with Crippen molar-refractivity contribution in [2.24, 2.45) is 23.7 Å². The fourth-order valence-electron chi connectivity index (χ4n) is 7.61. The predicted molar refractivity (Wildman–Crippen MR) is 173 cm³/mol. The van der Waals surface area contributed by atoms with Crippen LogP contribution in [0.15, 0.2) is 49.6 Å². The molecule has 1 aromatic carbocycles. The molecule has 3 aliphatic rings. The van der Waals surface area contributed by atoms with Crippen LogP contribution in [0.4, 0.5) is 5.69 Å². The van der Waals surface area contributed by atoms with Gasteiger partial charge in [-0.3, -0.25) is 14.4 Å². The van der Waals surface area contributed by atoms with E-state index >= 15 is 0 Å². The van der Waals surface area contributed by atoms with Crippen molar-refractivity contribution in [3.8, 4) is 5.75 Å². The lowest BCUT2D eigenvalue weighted by Crippen LogP contribution is -2.60. The van der Waals surface area contributed by atoms with Crippen LogP contribution in [0.3, 0.4) is 0 Å². The first-order valence-corrected chi connectivity index (χ1v) is 16.5. The fraction of sp³-hybridized carbons (Fsp3) is 0.618. The molecule has 1 aromatic rings. The SMILES string of the molecule is C=CCN(C(=O)[C@@H]1[C@H]2C(=O)N([C@@H](CO)CC(C)C)C(C(=O)N(CC=C)C(C)C)C23S[C@@H]1CC3C)c1ccc(OCC)cc1. The third-order valence-electron chi connectivity index (χ3n) is 9.32. The zero-order valence-corrected chi connectivity index (χ0v) is 27.4. The van der Waals surface area contributed by atoms with Gasteiger partial charge in [-0.05, 0) is 69.7 Å². The van der Waals surface area contributed by atoms with E-state index in [0.29, 0.717) is 31.8 Å². The number of carbonyl (C=O) groups is 3. The highest BCUT2D eigenvalue weighted by Gasteiger charge is 2.77. The van der Waals surface area contributed by atoms with Gasteiger partial charge in [-0.2, -0.15) is 0 Å². The Bertz CT molecular complexity index is 1200. The minimum absolute atomic E-state index is 0.0360. The molecule has 3 heterocycles. The Kier molecular flexibility index (Phi) is 10.4. The van der Waals surface area contributed by atoms with Crippen LogP contribution in [-0.4, -0.2) is 87.1 Å². The molecule has 0 aliphatic carbocycles. The number of hydrogen-bond donors (Lipinski definition) is 1. The monoisotopic (exact) mass is 611 g/mol. The maximum absolute atomic E-state index is 14.7. The molecule has 0 radical (unpaired) electrons. The Morgan fingerprint density at radius 1 is 1.14 bits per heavy atom. The van der Waals surface area contributed by atoms with Gasteiger partial charge in [-0.25, -0.2) is 0 Å². The Morgan fingerprint density at radius 2 is 1.79 bits per heavy atom. The molecule has 4 rings (SSSR count). The number of ether oxygens (including phenoxy) is 1. The van der Waals surface area contributed by atoms with Gasteiger partial charge in [0.15, 0.2) is 0 Å². The lowest BCUT2D eigenvalue weighted by molar-refractivity contribution is -0.146. The predicted octanol–water partition coefficient (Wildman–Crippen LogP) is 4.77. The first-order valence-electron chi connectivity index (χ1n) is 15.7. The third kappa shape index (κ3) is 5.75. The van der Waals surface area contributed by atoms with Crippen molar-refractivity contribution < 1.29 is 24.2 Å². The van der Waals surface area contributed by atoms with Crippen molar-refractivity contribution in [2.75, 3.05) is 31.2 Å². The fourth-order valence-corrected chi connectivity index (χ4v) is 10.0. The molecule has 7 atom stereocenters. The minimum Gasteiger partial charge on any atom is -0.494 e. The van der Waals surface area contributed by atoms with Gasteiger partial charge in [-0.1, -0.05) is 32.9 Å². The number of likely N-dealkylation sites (tertiary alicyclic amines) is 1. The van der Waals surface area contributed by atoms with Crippen LogP contribution in [0.5, 0.6) is 5.75 Å².